The third-order valence-corrected chi connectivity index (χ3v) is 4.74. The SMILES string of the molecule is CCN(CCNC(=O)C1(CN)CCOCC1)c1cccc(C)c1.Cl.Cl. The summed E-state index contributed by atoms with van der Waals surface area (Å²) in [7, 11) is 0. The van der Waals surface area contributed by atoms with Crippen molar-refractivity contribution in [1.29, 1.82) is 0 Å². The van der Waals surface area contributed by atoms with Crippen LogP contribution >= 0.6 is 24.8 Å². The number of nitrogens with two attached hydrogens (primary N) is 1. The lowest BCUT2D eigenvalue weighted by atomic mass is 9.79. The van der Waals surface area contributed by atoms with Crippen LogP contribution in [-0.4, -0.2) is 45.3 Å². The first-order valence-electron chi connectivity index (χ1n) is 8.49. The summed E-state index contributed by atoms with van der Waals surface area (Å²) in [6.45, 7) is 8.18. The molecule has 1 fully saturated rings. The highest BCUT2D eigenvalue weighted by Gasteiger charge is 2.38. The summed E-state index contributed by atoms with van der Waals surface area (Å²) in [5, 5.41) is 3.08. The zero-order valence-electron chi connectivity index (χ0n) is 15.1. The van der Waals surface area contributed by atoms with Crippen LogP contribution in [0.1, 0.15) is 25.3 Å². The zero-order chi connectivity index (χ0) is 16.7. The zero-order valence-corrected chi connectivity index (χ0v) is 16.8. The van der Waals surface area contributed by atoms with Gasteiger partial charge in [-0.2, -0.15) is 0 Å². The Labute approximate surface area is 163 Å². The number of hydrogen-bond donors (Lipinski definition) is 2. The Hall–Kier alpha value is -1.01. The molecule has 1 heterocycles. The summed E-state index contributed by atoms with van der Waals surface area (Å²) in [5.74, 6) is 0.0728. The highest BCUT2D eigenvalue weighted by atomic mass is 35.5. The molecule has 0 radical (unpaired) electrons. The second-order valence-electron chi connectivity index (χ2n) is 6.27. The van der Waals surface area contributed by atoms with E-state index in [9.17, 15) is 4.79 Å². The van der Waals surface area contributed by atoms with Crippen LogP contribution in [0, 0.1) is 12.3 Å². The Morgan fingerprint density at radius 2 is 2.00 bits per heavy atom. The van der Waals surface area contributed by atoms with Gasteiger partial charge in [-0.25, -0.2) is 0 Å². The van der Waals surface area contributed by atoms with Crippen molar-refractivity contribution >= 4 is 36.4 Å². The maximum absolute atomic E-state index is 12.5. The molecule has 1 aliphatic heterocycles. The topological polar surface area (TPSA) is 67.6 Å². The molecule has 5 nitrogen and oxygen atoms in total. The molecule has 1 amide bonds. The normalized spacial score (nSPS) is 15.5. The number of hydrogen-bond acceptors (Lipinski definition) is 4. The van der Waals surface area contributed by atoms with Crippen LogP contribution in [0.4, 0.5) is 5.69 Å². The molecular weight excluding hydrogens is 361 g/mol. The number of likely N-dealkylation sites (N-methyl/N-ethyl adjacent to an activating group) is 1. The largest absolute Gasteiger partial charge is 0.381 e. The van der Waals surface area contributed by atoms with E-state index in [2.05, 4.69) is 48.3 Å². The van der Waals surface area contributed by atoms with Crippen LogP contribution in [0.3, 0.4) is 0 Å². The van der Waals surface area contributed by atoms with Gasteiger partial charge in [0.25, 0.3) is 0 Å². The van der Waals surface area contributed by atoms with Gasteiger partial charge in [-0.3, -0.25) is 4.79 Å². The molecule has 7 heteroatoms. The van der Waals surface area contributed by atoms with Crippen LogP contribution in [0.2, 0.25) is 0 Å². The Morgan fingerprint density at radius 3 is 2.56 bits per heavy atom. The number of carbonyl (C=O) groups is 1. The molecule has 0 atom stereocenters. The van der Waals surface area contributed by atoms with Gasteiger partial charge in [-0.1, -0.05) is 12.1 Å². The Balaban J connectivity index is 0.00000288. The summed E-state index contributed by atoms with van der Waals surface area (Å²) in [6.07, 6.45) is 1.43. The van der Waals surface area contributed by atoms with E-state index in [4.69, 9.17) is 10.5 Å². The number of anilines is 1. The molecule has 0 aliphatic carbocycles. The van der Waals surface area contributed by atoms with E-state index in [-0.39, 0.29) is 30.7 Å². The van der Waals surface area contributed by atoms with Crippen molar-refractivity contribution in [2.24, 2.45) is 11.1 Å². The van der Waals surface area contributed by atoms with Gasteiger partial charge in [-0.05, 0) is 44.4 Å². The molecular formula is C18H31Cl2N3O2. The number of nitrogens with one attached hydrogen (secondary N) is 1. The number of halogens is 2. The van der Waals surface area contributed by atoms with E-state index in [0.29, 0.717) is 39.1 Å². The van der Waals surface area contributed by atoms with Crippen LogP contribution in [0.15, 0.2) is 24.3 Å². The van der Waals surface area contributed by atoms with Crippen LogP contribution in [0.25, 0.3) is 0 Å². The standard InChI is InChI=1S/C18H29N3O2.2ClH/c1-3-21(16-6-4-5-15(2)13-16)10-9-20-17(22)18(14-19)7-11-23-12-8-18;;/h4-6,13H,3,7-12,14,19H2,1-2H3,(H,20,22);2*1H. The number of benzene rings is 1. The van der Waals surface area contributed by atoms with Crippen molar-refractivity contribution in [3.8, 4) is 0 Å². The average molecular weight is 392 g/mol. The van der Waals surface area contributed by atoms with Gasteiger partial charge in [0.05, 0.1) is 5.41 Å². The number of ether oxygens (including phenoxy) is 1. The van der Waals surface area contributed by atoms with E-state index < -0.39 is 5.41 Å². The van der Waals surface area contributed by atoms with Crippen LogP contribution in [0.5, 0.6) is 0 Å². The van der Waals surface area contributed by atoms with E-state index >= 15 is 0 Å². The molecule has 0 saturated carbocycles. The van der Waals surface area contributed by atoms with Crippen LogP contribution in [-0.2, 0) is 9.53 Å². The summed E-state index contributed by atoms with van der Waals surface area (Å²) in [6, 6.07) is 8.44. The second kappa shape index (κ2) is 11.6. The molecule has 1 aliphatic rings. The number of aryl methyl sites for hydroxylation is 1. The monoisotopic (exact) mass is 391 g/mol. The van der Waals surface area contributed by atoms with E-state index in [1.807, 2.05) is 0 Å². The fraction of sp³-hybridized carbons (Fsp3) is 0.611. The molecule has 1 aromatic rings. The molecule has 0 aromatic heterocycles. The smallest absolute Gasteiger partial charge is 0.227 e. The predicted octanol–water partition coefficient (Wildman–Crippen LogP) is 2.54. The Bertz CT molecular complexity index is 523. The van der Waals surface area contributed by atoms with Crippen molar-refractivity contribution in [1.82, 2.24) is 5.32 Å². The van der Waals surface area contributed by atoms with Crippen molar-refractivity contribution in [2.75, 3.05) is 44.3 Å². The first-order valence-corrected chi connectivity index (χ1v) is 8.49. The summed E-state index contributed by atoms with van der Waals surface area (Å²) < 4.78 is 5.36. The fourth-order valence-corrected chi connectivity index (χ4v) is 3.07. The van der Waals surface area contributed by atoms with Gasteiger partial charge in [0, 0.05) is 45.1 Å². The first-order chi connectivity index (χ1) is 11.1. The molecule has 0 unspecified atom stereocenters. The van der Waals surface area contributed by atoms with Crippen molar-refractivity contribution in [3.63, 3.8) is 0 Å². The van der Waals surface area contributed by atoms with Gasteiger partial charge in [0.2, 0.25) is 5.91 Å². The van der Waals surface area contributed by atoms with Crippen molar-refractivity contribution in [2.45, 2.75) is 26.7 Å². The molecule has 3 N–H and O–H groups in total. The number of carbonyl (C=O) groups excluding carboxylic acids is 1. The number of nitrogens with zero attached hydrogens (tertiary/aromatic N) is 1. The molecule has 1 saturated heterocycles. The Morgan fingerprint density at radius 1 is 1.32 bits per heavy atom. The Kier molecular flexibility index (Phi) is 11.1. The maximum atomic E-state index is 12.5. The van der Waals surface area contributed by atoms with Gasteiger partial charge in [0.15, 0.2) is 0 Å². The van der Waals surface area contributed by atoms with E-state index in [0.717, 1.165) is 13.1 Å². The molecule has 144 valence electrons. The predicted molar refractivity (Wildman–Crippen MR) is 108 cm³/mol. The van der Waals surface area contributed by atoms with E-state index in [1.165, 1.54) is 11.3 Å². The minimum atomic E-state index is -0.446. The summed E-state index contributed by atoms with van der Waals surface area (Å²) >= 11 is 0. The molecule has 0 spiro atoms. The molecule has 2 rings (SSSR count). The number of amides is 1. The van der Waals surface area contributed by atoms with Crippen LogP contribution < -0.4 is 16.0 Å². The lowest BCUT2D eigenvalue weighted by Gasteiger charge is -2.34. The highest BCUT2D eigenvalue weighted by Crippen LogP contribution is 2.29. The highest BCUT2D eigenvalue weighted by molar-refractivity contribution is 5.85. The van der Waals surface area contributed by atoms with Gasteiger partial charge in [-0.15, -0.1) is 24.8 Å². The van der Waals surface area contributed by atoms with Crippen molar-refractivity contribution in [3.05, 3.63) is 29.8 Å². The molecule has 0 bridgehead atoms. The quantitative estimate of drug-likeness (QED) is 0.749. The minimum Gasteiger partial charge on any atom is -0.381 e. The first kappa shape index (κ1) is 24.0. The fourth-order valence-electron chi connectivity index (χ4n) is 3.07. The number of rotatable bonds is 7. The summed E-state index contributed by atoms with van der Waals surface area (Å²) in [5.41, 5.74) is 7.87. The lowest BCUT2D eigenvalue weighted by Crippen LogP contribution is -2.50. The van der Waals surface area contributed by atoms with Crippen molar-refractivity contribution < 1.29 is 9.53 Å². The second-order valence-corrected chi connectivity index (χ2v) is 6.27. The minimum absolute atomic E-state index is 0. The van der Waals surface area contributed by atoms with Gasteiger partial charge >= 0.3 is 0 Å². The molecule has 1 aromatic carbocycles. The summed E-state index contributed by atoms with van der Waals surface area (Å²) in [4.78, 5) is 14.8. The van der Waals surface area contributed by atoms with Gasteiger partial charge < -0.3 is 20.7 Å². The molecule has 25 heavy (non-hydrogen) atoms. The third-order valence-electron chi connectivity index (χ3n) is 4.74. The lowest BCUT2D eigenvalue weighted by molar-refractivity contribution is -0.135. The van der Waals surface area contributed by atoms with Gasteiger partial charge in [0.1, 0.15) is 0 Å². The average Bonchev–Trinajstić information content (AvgIpc) is 2.59. The maximum Gasteiger partial charge on any atom is 0.227 e. The third kappa shape index (κ3) is 6.33. The van der Waals surface area contributed by atoms with E-state index in [1.54, 1.807) is 0 Å².